The Labute approximate surface area is 103 Å². The summed E-state index contributed by atoms with van der Waals surface area (Å²) < 4.78 is 14.2. The first-order valence-corrected chi connectivity index (χ1v) is 5.83. The van der Waals surface area contributed by atoms with E-state index in [1.54, 1.807) is 12.1 Å². The normalized spacial score (nSPS) is 10.4. The third kappa shape index (κ3) is 2.12. The lowest BCUT2D eigenvalue weighted by Crippen LogP contribution is -1.89. The Morgan fingerprint density at radius 1 is 1.50 bits per heavy atom. The molecular weight excluding hydrogens is 297 g/mol. The second kappa shape index (κ2) is 4.31. The minimum atomic E-state index is -1.05. The van der Waals surface area contributed by atoms with Gasteiger partial charge in [-0.2, -0.15) is 0 Å². The second-order valence-corrected chi connectivity index (χ2v) is 4.91. The van der Waals surface area contributed by atoms with E-state index in [-0.39, 0.29) is 4.88 Å². The van der Waals surface area contributed by atoms with Crippen molar-refractivity contribution in [2.75, 3.05) is 0 Å². The number of carboxylic acid groups (broad SMARTS) is 1. The summed E-state index contributed by atoms with van der Waals surface area (Å²) in [6.07, 6.45) is 1.23. The minimum Gasteiger partial charge on any atom is -0.477 e. The molecule has 0 unspecified atom stereocenters. The lowest BCUT2D eigenvalue weighted by atomic mass is 10.2. The number of rotatable bonds is 2. The van der Waals surface area contributed by atoms with Crippen LogP contribution in [-0.2, 0) is 0 Å². The van der Waals surface area contributed by atoms with Crippen LogP contribution in [0.3, 0.4) is 0 Å². The van der Waals surface area contributed by atoms with E-state index in [9.17, 15) is 9.18 Å². The van der Waals surface area contributed by atoms with E-state index in [1.165, 1.54) is 12.3 Å². The van der Waals surface area contributed by atoms with Crippen molar-refractivity contribution in [3.8, 4) is 10.6 Å². The lowest BCUT2D eigenvalue weighted by Gasteiger charge is -1.98. The zero-order chi connectivity index (χ0) is 11.7. The van der Waals surface area contributed by atoms with Crippen molar-refractivity contribution in [1.82, 2.24) is 4.98 Å². The molecule has 0 aliphatic rings. The van der Waals surface area contributed by atoms with Crippen molar-refractivity contribution in [2.45, 2.75) is 0 Å². The molecule has 0 fully saturated rings. The van der Waals surface area contributed by atoms with Crippen LogP contribution < -0.4 is 0 Å². The molecule has 0 amide bonds. The van der Waals surface area contributed by atoms with Crippen LogP contribution in [-0.4, -0.2) is 16.1 Å². The number of carboxylic acids is 1. The van der Waals surface area contributed by atoms with Crippen LogP contribution in [0.2, 0.25) is 0 Å². The first-order valence-electron chi connectivity index (χ1n) is 4.22. The number of benzene rings is 1. The average molecular weight is 302 g/mol. The van der Waals surface area contributed by atoms with Crippen molar-refractivity contribution < 1.29 is 14.3 Å². The fourth-order valence-electron chi connectivity index (χ4n) is 1.16. The number of aromatic carboxylic acids is 1. The third-order valence-corrected chi connectivity index (χ3v) is 3.39. The Morgan fingerprint density at radius 2 is 2.25 bits per heavy atom. The number of hydrogen-bond donors (Lipinski definition) is 1. The van der Waals surface area contributed by atoms with Gasteiger partial charge in [0.1, 0.15) is 15.7 Å². The predicted octanol–water partition coefficient (Wildman–Crippen LogP) is 3.41. The number of halogens is 2. The van der Waals surface area contributed by atoms with Crippen molar-refractivity contribution in [1.29, 1.82) is 0 Å². The minimum absolute atomic E-state index is 0.0947. The van der Waals surface area contributed by atoms with Crippen LogP contribution in [0.15, 0.2) is 28.9 Å². The number of aromatic nitrogens is 1. The Hall–Kier alpha value is -1.27. The van der Waals surface area contributed by atoms with Crippen molar-refractivity contribution in [3.63, 3.8) is 0 Å². The maximum absolute atomic E-state index is 13.5. The quantitative estimate of drug-likeness (QED) is 0.925. The molecule has 0 atom stereocenters. The molecule has 1 N–H and O–H groups in total. The largest absolute Gasteiger partial charge is 0.477 e. The van der Waals surface area contributed by atoms with Gasteiger partial charge in [-0.05, 0) is 18.2 Å². The van der Waals surface area contributed by atoms with Crippen LogP contribution in [0.5, 0.6) is 0 Å². The highest BCUT2D eigenvalue weighted by Crippen LogP contribution is 2.29. The van der Waals surface area contributed by atoms with Gasteiger partial charge in [-0.3, -0.25) is 0 Å². The molecule has 82 valence electrons. The lowest BCUT2D eigenvalue weighted by molar-refractivity contribution is 0.0702. The molecule has 0 spiro atoms. The molecule has 16 heavy (non-hydrogen) atoms. The van der Waals surface area contributed by atoms with Gasteiger partial charge in [-0.1, -0.05) is 15.9 Å². The van der Waals surface area contributed by atoms with E-state index < -0.39 is 11.8 Å². The standard InChI is InChI=1S/C10H5BrFNO2S/c11-5-1-2-6(7(12)3-5)9-13-4-8(16-9)10(14)15/h1-4H,(H,14,15). The zero-order valence-electron chi connectivity index (χ0n) is 7.78. The van der Waals surface area contributed by atoms with Crippen molar-refractivity contribution in [3.05, 3.63) is 39.6 Å². The molecule has 6 heteroatoms. The van der Waals surface area contributed by atoms with E-state index in [4.69, 9.17) is 5.11 Å². The zero-order valence-corrected chi connectivity index (χ0v) is 10.2. The highest BCUT2D eigenvalue weighted by molar-refractivity contribution is 9.10. The van der Waals surface area contributed by atoms with Crippen LogP contribution in [0, 0.1) is 5.82 Å². The molecule has 3 nitrogen and oxygen atoms in total. The summed E-state index contributed by atoms with van der Waals surface area (Å²) in [7, 11) is 0. The molecule has 0 aliphatic heterocycles. The van der Waals surface area contributed by atoms with E-state index in [1.807, 2.05) is 0 Å². The molecule has 0 aliphatic carbocycles. The summed E-state index contributed by atoms with van der Waals surface area (Å²) in [5, 5.41) is 9.09. The molecule has 2 aromatic rings. The predicted molar refractivity (Wildman–Crippen MR) is 62.2 cm³/mol. The van der Waals surface area contributed by atoms with Gasteiger partial charge >= 0.3 is 5.97 Å². The van der Waals surface area contributed by atoms with E-state index in [0.717, 1.165) is 11.3 Å². The molecular formula is C10H5BrFNO2S. The first-order chi connectivity index (χ1) is 7.58. The number of carbonyl (C=O) groups is 1. The Morgan fingerprint density at radius 3 is 2.81 bits per heavy atom. The smallest absolute Gasteiger partial charge is 0.347 e. The Balaban J connectivity index is 2.46. The van der Waals surface area contributed by atoms with Crippen molar-refractivity contribution >= 4 is 33.2 Å². The fourth-order valence-corrected chi connectivity index (χ4v) is 2.28. The van der Waals surface area contributed by atoms with Gasteiger partial charge in [0, 0.05) is 10.0 Å². The summed E-state index contributed by atoms with van der Waals surface area (Å²) in [6, 6.07) is 4.56. The Kier molecular flexibility index (Phi) is 3.02. The summed E-state index contributed by atoms with van der Waals surface area (Å²) in [5.41, 5.74) is 0.306. The molecule has 1 aromatic heterocycles. The first kappa shape index (κ1) is 11.2. The van der Waals surface area contributed by atoms with Gasteiger partial charge in [-0.25, -0.2) is 14.2 Å². The highest BCUT2D eigenvalue weighted by atomic mass is 79.9. The van der Waals surface area contributed by atoms with E-state index in [0.29, 0.717) is 15.0 Å². The summed E-state index contributed by atoms with van der Waals surface area (Å²) >= 11 is 4.09. The van der Waals surface area contributed by atoms with Gasteiger partial charge in [0.05, 0.1) is 6.20 Å². The fraction of sp³-hybridized carbons (Fsp3) is 0. The van der Waals surface area contributed by atoms with Gasteiger partial charge in [0.2, 0.25) is 0 Å². The van der Waals surface area contributed by atoms with Gasteiger partial charge in [-0.15, -0.1) is 11.3 Å². The molecule has 2 rings (SSSR count). The van der Waals surface area contributed by atoms with Crippen LogP contribution in [0.4, 0.5) is 4.39 Å². The topological polar surface area (TPSA) is 50.2 Å². The average Bonchev–Trinajstić information content (AvgIpc) is 2.66. The summed E-state index contributed by atoms with van der Waals surface area (Å²) in [6.45, 7) is 0. The molecule has 1 heterocycles. The highest BCUT2D eigenvalue weighted by Gasteiger charge is 2.13. The van der Waals surface area contributed by atoms with Gasteiger partial charge in [0.25, 0.3) is 0 Å². The maximum atomic E-state index is 13.5. The molecule has 0 radical (unpaired) electrons. The molecule has 0 saturated carbocycles. The Bertz CT molecular complexity index is 556. The third-order valence-electron chi connectivity index (χ3n) is 1.88. The summed E-state index contributed by atoms with van der Waals surface area (Å²) in [5.74, 6) is -1.48. The van der Waals surface area contributed by atoms with Crippen LogP contribution >= 0.6 is 27.3 Å². The SMILES string of the molecule is O=C(O)c1cnc(-c2ccc(Br)cc2F)s1. The van der Waals surface area contributed by atoms with Gasteiger partial charge in [0.15, 0.2) is 0 Å². The number of hydrogen-bond acceptors (Lipinski definition) is 3. The van der Waals surface area contributed by atoms with Crippen LogP contribution in [0.25, 0.3) is 10.6 Å². The van der Waals surface area contributed by atoms with Crippen LogP contribution in [0.1, 0.15) is 9.67 Å². The summed E-state index contributed by atoms with van der Waals surface area (Å²) in [4.78, 5) is 14.6. The van der Waals surface area contributed by atoms with E-state index >= 15 is 0 Å². The molecule has 0 bridgehead atoms. The number of nitrogens with zero attached hydrogens (tertiary/aromatic N) is 1. The van der Waals surface area contributed by atoms with Gasteiger partial charge < -0.3 is 5.11 Å². The molecule has 0 saturated heterocycles. The number of thiazole rings is 1. The van der Waals surface area contributed by atoms with E-state index in [2.05, 4.69) is 20.9 Å². The maximum Gasteiger partial charge on any atom is 0.347 e. The second-order valence-electron chi connectivity index (χ2n) is 2.96. The molecule has 1 aromatic carbocycles. The monoisotopic (exact) mass is 301 g/mol. The van der Waals surface area contributed by atoms with Crippen molar-refractivity contribution in [2.24, 2.45) is 0 Å².